The summed E-state index contributed by atoms with van der Waals surface area (Å²) >= 11 is 2.86. The van der Waals surface area contributed by atoms with Gasteiger partial charge in [0.1, 0.15) is 11.6 Å². The Labute approximate surface area is 81.9 Å². The minimum Gasteiger partial charge on any atom is -0.361 e. The van der Waals surface area contributed by atoms with Gasteiger partial charge in [-0.05, 0) is 34.5 Å². The van der Waals surface area contributed by atoms with E-state index in [0.717, 1.165) is 5.56 Å². The first-order valence-electron chi connectivity index (χ1n) is 3.72. The summed E-state index contributed by atoms with van der Waals surface area (Å²) in [6.07, 6.45) is 1.65. The van der Waals surface area contributed by atoms with Crippen molar-refractivity contribution in [2.75, 3.05) is 0 Å². The first kappa shape index (κ1) is 8.69. The average molecular weight is 246 g/mol. The minimum atomic E-state index is -0.591. The lowest BCUT2D eigenvalue weighted by Crippen LogP contribution is -1.86. The van der Waals surface area contributed by atoms with E-state index in [1.54, 1.807) is 13.1 Å². The molecule has 0 fully saturated rings. The summed E-state index contributed by atoms with van der Waals surface area (Å²) in [6, 6.07) is 1.27. The predicted octanol–water partition coefficient (Wildman–Crippen LogP) is 3.52. The average Bonchev–Trinajstić information content (AvgIpc) is 2.43. The molecule has 2 rings (SSSR count). The van der Waals surface area contributed by atoms with E-state index in [4.69, 9.17) is 0 Å². The molecule has 1 aromatic heterocycles. The van der Waals surface area contributed by atoms with Crippen LogP contribution in [0, 0.1) is 18.6 Å². The Morgan fingerprint density at radius 3 is 2.77 bits per heavy atom. The molecule has 1 N–H and O–H groups in total. The van der Waals surface area contributed by atoms with Crippen LogP contribution in [0.25, 0.3) is 10.9 Å². The summed E-state index contributed by atoms with van der Waals surface area (Å²) < 4.78 is 26.3. The number of halogens is 3. The number of H-pyrrole nitrogens is 1. The quantitative estimate of drug-likeness (QED) is 0.684. The summed E-state index contributed by atoms with van der Waals surface area (Å²) in [4.78, 5) is 2.80. The molecule has 13 heavy (non-hydrogen) atoms. The highest BCUT2D eigenvalue weighted by Crippen LogP contribution is 2.29. The highest BCUT2D eigenvalue weighted by atomic mass is 79.9. The first-order valence-corrected chi connectivity index (χ1v) is 4.51. The van der Waals surface area contributed by atoms with Gasteiger partial charge in [0.25, 0.3) is 0 Å². The van der Waals surface area contributed by atoms with Crippen LogP contribution >= 0.6 is 15.9 Å². The van der Waals surface area contributed by atoms with Gasteiger partial charge in [-0.25, -0.2) is 8.78 Å². The van der Waals surface area contributed by atoms with E-state index in [-0.39, 0.29) is 4.47 Å². The van der Waals surface area contributed by atoms with Crippen molar-refractivity contribution in [2.24, 2.45) is 0 Å². The fraction of sp³-hybridized carbons (Fsp3) is 0.111. The molecular weight excluding hydrogens is 240 g/mol. The molecule has 0 spiro atoms. The zero-order valence-electron chi connectivity index (χ0n) is 6.79. The molecular formula is C9H6BrF2N. The van der Waals surface area contributed by atoms with Gasteiger partial charge < -0.3 is 4.98 Å². The minimum absolute atomic E-state index is 0.109. The molecule has 0 saturated carbocycles. The van der Waals surface area contributed by atoms with Gasteiger partial charge in [0.05, 0.1) is 9.99 Å². The molecule has 0 atom stereocenters. The van der Waals surface area contributed by atoms with E-state index in [1.807, 2.05) is 0 Å². The molecule has 4 heteroatoms. The van der Waals surface area contributed by atoms with Gasteiger partial charge in [-0.15, -0.1) is 0 Å². The number of benzene rings is 1. The monoisotopic (exact) mass is 245 g/mol. The van der Waals surface area contributed by atoms with Gasteiger partial charge in [0.15, 0.2) is 0 Å². The smallest absolute Gasteiger partial charge is 0.149 e. The number of rotatable bonds is 0. The van der Waals surface area contributed by atoms with Gasteiger partial charge in [0.2, 0.25) is 0 Å². The fourth-order valence-corrected chi connectivity index (χ4v) is 1.67. The van der Waals surface area contributed by atoms with Crippen LogP contribution in [0.1, 0.15) is 5.56 Å². The second-order valence-corrected chi connectivity index (χ2v) is 3.67. The van der Waals surface area contributed by atoms with Crippen molar-refractivity contribution in [1.29, 1.82) is 0 Å². The molecule has 0 bridgehead atoms. The van der Waals surface area contributed by atoms with Gasteiger partial charge in [-0.1, -0.05) is 0 Å². The van der Waals surface area contributed by atoms with E-state index in [0.29, 0.717) is 10.9 Å². The SMILES string of the molecule is Cc1c[nH]c2cc(F)c(Br)c(F)c12. The van der Waals surface area contributed by atoms with E-state index in [1.165, 1.54) is 6.07 Å². The molecule has 0 amide bonds. The number of aryl methyl sites for hydroxylation is 1. The van der Waals surface area contributed by atoms with Crippen LogP contribution in [-0.2, 0) is 0 Å². The van der Waals surface area contributed by atoms with E-state index in [2.05, 4.69) is 20.9 Å². The molecule has 2 aromatic rings. The maximum Gasteiger partial charge on any atom is 0.149 e. The molecule has 1 nitrogen and oxygen atoms in total. The maximum absolute atomic E-state index is 13.4. The van der Waals surface area contributed by atoms with Crippen molar-refractivity contribution in [2.45, 2.75) is 6.92 Å². The highest BCUT2D eigenvalue weighted by molar-refractivity contribution is 9.10. The highest BCUT2D eigenvalue weighted by Gasteiger charge is 2.13. The second-order valence-electron chi connectivity index (χ2n) is 2.88. The number of hydrogen-bond donors (Lipinski definition) is 1. The number of nitrogens with one attached hydrogen (secondary N) is 1. The molecule has 0 unspecified atom stereocenters. The zero-order valence-corrected chi connectivity index (χ0v) is 8.37. The third-order valence-electron chi connectivity index (χ3n) is 2.00. The summed E-state index contributed by atoms with van der Waals surface area (Å²) in [5.74, 6) is -1.14. The first-order chi connectivity index (χ1) is 6.11. The van der Waals surface area contributed by atoms with Crippen molar-refractivity contribution in [3.05, 3.63) is 33.9 Å². The lowest BCUT2D eigenvalue weighted by molar-refractivity contribution is 0.580. The number of fused-ring (bicyclic) bond motifs is 1. The van der Waals surface area contributed by atoms with Crippen molar-refractivity contribution >= 4 is 26.8 Å². The molecule has 0 radical (unpaired) electrons. The molecule has 68 valence electrons. The maximum atomic E-state index is 13.4. The van der Waals surface area contributed by atoms with Crippen molar-refractivity contribution in [3.63, 3.8) is 0 Å². The normalized spacial score (nSPS) is 11.1. The number of aromatic nitrogens is 1. The van der Waals surface area contributed by atoms with E-state index in [9.17, 15) is 8.78 Å². The van der Waals surface area contributed by atoms with Gasteiger partial charge in [-0.3, -0.25) is 0 Å². The summed E-state index contributed by atoms with van der Waals surface area (Å²) in [5, 5.41) is 0.438. The summed E-state index contributed by atoms with van der Waals surface area (Å²) in [7, 11) is 0. The Morgan fingerprint density at radius 2 is 2.08 bits per heavy atom. The van der Waals surface area contributed by atoms with Crippen LogP contribution in [-0.4, -0.2) is 4.98 Å². The van der Waals surface area contributed by atoms with Crippen LogP contribution in [0.2, 0.25) is 0 Å². The number of hydrogen-bond acceptors (Lipinski definition) is 0. The summed E-state index contributed by atoms with van der Waals surface area (Å²) in [6.45, 7) is 1.77. The Hall–Kier alpha value is -0.900. The van der Waals surface area contributed by atoms with Crippen molar-refractivity contribution < 1.29 is 8.78 Å². The van der Waals surface area contributed by atoms with Gasteiger partial charge in [0, 0.05) is 11.6 Å². The van der Waals surface area contributed by atoms with E-state index < -0.39 is 11.6 Å². The molecule has 1 aromatic carbocycles. The van der Waals surface area contributed by atoms with Crippen LogP contribution in [0.4, 0.5) is 8.78 Å². The van der Waals surface area contributed by atoms with Gasteiger partial charge >= 0.3 is 0 Å². The summed E-state index contributed by atoms with van der Waals surface area (Å²) in [5.41, 5.74) is 1.25. The standard InChI is InChI=1S/C9H6BrF2N/c1-4-3-13-6-2-5(11)8(10)9(12)7(4)6/h2-3,13H,1H3. The van der Waals surface area contributed by atoms with Crippen LogP contribution in [0.3, 0.4) is 0 Å². The molecule has 0 aliphatic rings. The third kappa shape index (κ3) is 1.16. The Morgan fingerprint density at radius 1 is 1.38 bits per heavy atom. The topological polar surface area (TPSA) is 15.8 Å². The van der Waals surface area contributed by atoms with Crippen molar-refractivity contribution in [1.82, 2.24) is 4.98 Å². The lowest BCUT2D eigenvalue weighted by Gasteiger charge is -1.99. The van der Waals surface area contributed by atoms with E-state index >= 15 is 0 Å². The Bertz CT molecular complexity index is 476. The van der Waals surface area contributed by atoms with Crippen LogP contribution < -0.4 is 0 Å². The third-order valence-corrected chi connectivity index (χ3v) is 2.73. The van der Waals surface area contributed by atoms with Crippen LogP contribution in [0.15, 0.2) is 16.7 Å². The Kier molecular flexibility index (Phi) is 1.87. The van der Waals surface area contributed by atoms with Crippen LogP contribution in [0.5, 0.6) is 0 Å². The van der Waals surface area contributed by atoms with Crippen molar-refractivity contribution in [3.8, 4) is 0 Å². The molecule has 0 aliphatic heterocycles. The predicted molar refractivity (Wildman–Crippen MR) is 50.7 cm³/mol. The Balaban J connectivity index is 2.97. The lowest BCUT2D eigenvalue weighted by atomic mass is 10.2. The molecule has 0 aliphatic carbocycles. The largest absolute Gasteiger partial charge is 0.361 e. The fourth-order valence-electron chi connectivity index (χ4n) is 1.35. The molecule has 1 heterocycles. The second kappa shape index (κ2) is 2.80. The van der Waals surface area contributed by atoms with Gasteiger partial charge in [-0.2, -0.15) is 0 Å². The zero-order chi connectivity index (χ0) is 9.59. The molecule has 0 saturated heterocycles. The number of aromatic amines is 1.